The van der Waals surface area contributed by atoms with Crippen LogP contribution < -0.4 is 5.32 Å². The standard InChI is InChI=1S/C6H5N2O/c9-6-3-5-4(8-6)1-2-7-5/h1-3,8-9H. The minimum Gasteiger partial charge on any atom is -0.495 e. The first-order chi connectivity index (χ1) is 4.36. The number of aromatic nitrogens is 1. The SMILES string of the molecule is Oc1cc2c([nH]1)C=C[N]2. The van der Waals surface area contributed by atoms with Crippen molar-refractivity contribution in [2.45, 2.75) is 0 Å². The third-order valence-corrected chi connectivity index (χ3v) is 1.27. The Kier molecular flexibility index (Phi) is 0.656. The maximum absolute atomic E-state index is 8.85. The summed E-state index contributed by atoms with van der Waals surface area (Å²) in [6, 6.07) is 1.59. The molecule has 1 aromatic rings. The van der Waals surface area contributed by atoms with Crippen LogP contribution in [0.1, 0.15) is 5.69 Å². The molecular weight excluding hydrogens is 116 g/mol. The van der Waals surface area contributed by atoms with Crippen molar-refractivity contribution in [2.75, 3.05) is 0 Å². The summed E-state index contributed by atoms with van der Waals surface area (Å²) in [5.41, 5.74) is 1.69. The van der Waals surface area contributed by atoms with Crippen LogP contribution in [-0.2, 0) is 0 Å². The monoisotopic (exact) mass is 121 g/mol. The van der Waals surface area contributed by atoms with E-state index in [1.165, 1.54) is 0 Å². The lowest BCUT2D eigenvalue weighted by Gasteiger charge is -1.80. The number of nitrogens with zero attached hydrogens (tertiary/aromatic N) is 1. The van der Waals surface area contributed by atoms with E-state index < -0.39 is 0 Å². The van der Waals surface area contributed by atoms with Crippen molar-refractivity contribution < 1.29 is 5.11 Å². The molecule has 0 bridgehead atoms. The second-order valence-electron chi connectivity index (χ2n) is 1.90. The molecule has 2 heterocycles. The van der Waals surface area contributed by atoms with E-state index >= 15 is 0 Å². The molecule has 2 N–H and O–H groups in total. The highest BCUT2D eigenvalue weighted by Gasteiger charge is 2.08. The number of aromatic amines is 1. The molecule has 0 saturated heterocycles. The number of fused-ring (bicyclic) bond motifs is 1. The van der Waals surface area contributed by atoms with Crippen LogP contribution in [0.4, 0.5) is 5.69 Å². The van der Waals surface area contributed by atoms with Crippen LogP contribution >= 0.6 is 0 Å². The number of hydrogen-bond donors (Lipinski definition) is 2. The molecular formula is C6H5N2O. The molecule has 3 heteroatoms. The lowest BCUT2D eigenvalue weighted by molar-refractivity contribution is 0.457. The predicted octanol–water partition coefficient (Wildman–Crippen LogP) is 0.940. The zero-order chi connectivity index (χ0) is 6.27. The van der Waals surface area contributed by atoms with Gasteiger partial charge in [0, 0.05) is 12.3 Å². The molecule has 0 unspecified atom stereocenters. The van der Waals surface area contributed by atoms with Gasteiger partial charge in [0.05, 0.1) is 11.4 Å². The zero-order valence-electron chi connectivity index (χ0n) is 4.63. The summed E-state index contributed by atoms with van der Waals surface area (Å²) in [6.07, 6.45) is 3.51. The summed E-state index contributed by atoms with van der Waals surface area (Å²) in [6.45, 7) is 0. The summed E-state index contributed by atoms with van der Waals surface area (Å²) in [4.78, 5) is 2.73. The zero-order valence-corrected chi connectivity index (χ0v) is 4.63. The van der Waals surface area contributed by atoms with Gasteiger partial charge >= 0.3 is 0 Å². The Morgan fingerprint density at radius 1 is 1.56 bits per heavy atom. The summed E-state index contributed by atoms with van der Waals surface area (Å²) < 4.78 is 0. The molecule has 1 aromatic heterocycles. The quantitative estimate of drug-likeness (QED) is 0.527. The van der Waals surface area contributed by atoms with Crippen LogP contribution in [0.2, 0.25) is 0 Å². The van der Waals surface area contributed by atoms with Crippen LogP contribution in [-0.4, -0.2) is 10.1 Å². The Bertz CT molecular complexity index is 262. The molecule has 0 aromatic carbocycles. The maximum Gasteiger partial charge on any atom is 0.190 e. The number of hydrogen-bond acceptors (Lipinski definition) is 1. The van der Waals surface area contributed by atoms with E-state index in [9.17, 15) is 0 Å². The Balaban J connectivity index is 2.61. The fourth-order valence-electron chi connectivity index (χ4n) is 0.871. The lowest BCUT2D eigenvalue weighted by Crippen LogP contribution is -1.74. The molecule has 1 radical (unpaired) electrons. The molecule has 0 fully saturated rings. The third kappa shape index (κ3) is 0.512. The number of aromatic hydroxyl groups is 1. The van der Waals surface area contributed by atoms with Crippen molar-refractivity contribution in [3.8, 4) is 5.88 Å². The molecule has 45 valence electrons. The fourth-order valence-corrected chi connectivity index (χ4v) is 0.871. The van der Waals surface area contributed by atoms with Crippen LogP contribution in [0, 0.1) is 0 Å². The minimum absolute atomic E-state index is 0.174. The second-order valence-corrected chi connectivity index (χ2v) is 1.90. The smallest absolute Gasteiger partial charge is 0.190 e. The molecule has 0 atom stereocenters. The molecule has 3 nitrogen and oxygen atoms in total. The Hall–Kier alpha value is -1.38. The van der Waals surface area contributed by atoms with Gasteiger partial charge in [-0.15, -0.1) is 0 Å². The van der Waals surface area contributed by atoms with E-state index in [-0.39, 0.29) is 5.88 Å². The van der Waals surface area contributed by atoms with Crippen molar-refractivity contribution in [1.29, 1.82) is 0 Å². The summed E-state index contributed by atoms with van der Waals surface area (Å²) in [7, 11) is 0. The topological polar surface area (TPSA) is 50.1 Å². The van der Waals surface area contributed by atoms with Crippen molar-refractivity contribution in [1.82, 2.24) is 10.3 Å². The number of nitrogens with one attached hydrogen (secondary N) is 1. The van der Waals surface area contributed by atoms with E-state index in [1.807, 2.05) is 6.08 Å². The van der Waals surface area contributed by atoms with E-state index in [2.05, 4.69) is 10.3 Å². The van der Waals surface area contributed by atoms with E-state index in [4.69, 9.17) is 5.11 Å². The van der Waals surface area contributed by atoms with Crippen molar-refractivity contribution in [3.63, 3.8) is 0 Å². The molecule has 1 aliphatic heterocycles. The average molecular weight is 121 g/mol. The molecule has 2 rings (SSSR count). The van der Waals surface area contributed by atoms with Gasteiger partial charge in [-0.05, 0) is 6.08 Å². The summed E-state index contributed by atoms with van der Waals surface area (Å²) >= 11 is 0. The first-order valence-corrected chi connectivity index (χ1v) is 2.65. The van der Waals surface area contributed by atoms with Gasteiger partial charge < -0.3 is 10.1 Å². The Morgan fingerprint density at radius 2 is 2.44 bits per heavy atom. The third-order valence-electron chi connectivity index (χ3n) is 1.27. The highest BCUT2D eigenvalue weighted by atomic mass is 16.3. The van der Waals surface area contributed by atoms with E-state index in [0.29, 0.717) is 0 Å². The normalized spacial score (nSPS) is 13.3. The molecule has 9 heavy (non-hydrogen) atoms. The highest BCUT2D eigenvalue weighted by molar-refractivity contribution is 5.67. The van der Waals surface area contributed by atoms with E-state index in [1.54, 1.807) is 12.3 Å². The molecule has 0 amide bonds. The molecule has 0 spiro atoms. The van der Waals surface area contributed by atoms with Gasteiger partial charge in [0.1, 0.15) is 0 Å². The first kappa shape index (κ1) is 4.49. The van der Waals surface area contributed by atoms with Gasteiger partial charge in [0.2, 0.25) is 0 Å². The molecule has 0 aliphatic carbocycles. The number of H-pyrrole nitrogens is 1. The Morgan fingerprint density at radius 3 is 3.22 bits per heavy atom. The first-order valence-electron chi connectivity index (χ1n) is 2.65. The van der Waals surface area contributed by atoms with Crippen LogP contribution in [0.15, 0.2) is 12.3 Å². The van der Waals surface area contributed by atoms with Crippen LogP contribution in [0.5, 0.6) is 5.88 Å². The average Bonchev–Trinajstić information content (AvgIpc) is 2.22. The van der Waals surface area contributed by atoms with Crippen molar-refractivity contribution in [3.05, 3.63) is 18.0 Å². The van der Waals surface area contributed by atoms with E-state index in [0.717, 1.165) is 11.4 Å². The summed E-state index contributed by atoms with van der Waals surface area (Å²) in [5.74, 6) is 0.174. The van der Waals surface area contributed by atoms with Gasteiger partial charge in [0.25, 0.3) is 0 Å². The maximum atomic E-state index is 8.85. The van der Waals surface area contributed by atoms with Crippen molar-refractivity contribution in [2.24, 2.45) is 0 Å². The van der Waals surface area contributed by atoms with Gasteiger partial charge in [-0.1, -0.05) is 0 Å². The summed E-state index contributed by atoms with van der Waals surface area (Å²) in [5, 5.41) is 12.8. The van der Waals surface area contributed by atoms with Gasteiger partial charge in [0.15, 0.2) is 5.88 Å². The molecule has 0 saturated carbocycles. The lowest BCUT2D eigenvalue weighted by atomic mass is 10.4. The van der Waals surface area contributed by atoms with Gasteiger partial charge in [-0.2, -0.15) is 0 Å². The molecule has 1 aliphatic rings. The van der Waals surface area contributed by atoms with Gasteiger partial charge in [-0.25, -0.2) is 0 Å². The highest BCUT2D eigenvalue weighted by Crippen LogP contribution is 2.26. The van der Waals surface area contributed by atoms with Crippen LogP contribution in [0.3, 0.4) is 0 Å². The minimum atomic E-state index is 0.174. The second kappa shape index (κ2) is 1.31. The fraction of sp³-hybridized carbons (Fsp3) is 0. The Labute approximate surface area is 52.0 Å². The van der Waals surface area contributed by atoms with Crippen LogP contribution in [0.25, 0.3) is 6.08 Å². The predicted molar refractivity (Wildman–Crippen MR) is 33.3 cm³/mol. The number of rotatable bonds is 0. The van der Waals surface area contributed by atoms with Gasteiger partial charge in [-0.3, -0.25) is 5.32 Å². The van der Waals surface area contributed by atoms with Crippen molar-refractivity contribution >= 4 is 11.8 Å². The largest absolute Gasteiger partial charge is 0.495 e.